The zero-order chi connectivity index (χ0) is 23.9. The normalized spacial score (nSPS) is 26.3. The van der Waals surface area contributed by atoms with Crippen molar-refractivity contribution in [3.8, 4) is 0 Å². The first-order chi connectivity index (χ1) is 15.4. The molecule has 3 atom stereocenters. The van der Waals surface area contributed by atoms with Crippen molar-refractivity contribution in [2.75, 3.05) is 11.4 Å². The Morgan fingerprint density at radius 2 is 2.03 bits per heavy atom. The van der Waals surface area contributed by atoms with Gasteiger partial charge in [0.05, 0.1) is 17.0 Å². The van der Waals surface area contributed by atoms with Crippen LogP contribution in [0.2, 0.25) is 0 Å². The quantitative estimate of drug-likeness (QED) is 0.724. The number of alkyl carbamates (subject to hydrolysis) is 1. The summed E-state index contributed by atoms with van der Waals surface area (Å²) in [5.74, 6) is -1.80. The molecule has 1 aliphatic heterocycles. The van der Waals surface area contributed by atoms with Gasteiger partial charge in [0, 0.05) is 24.7 Å². The molecule has 2 aromatic rings. The third kappa shape index (κ3) is 3.52. The summed E-state index contributed by atoms with van der Waals surface area (Å²) < 4.78 is 22.3. The number of nitrogens with zero attached hydrogens (tertiary/aromatic N) is 3. The second-order valence-electron chi connectivity index (χ2n) is 10.4. The molecule has 3 fully saturated rings. The number of rotatable bonds is 4. The maximum absolute atomic E-state index is 15.2. The number of amides is 1. The second-order valence-corrected chi connectivity index (χ2v) is 10.4. The number of hydrogen-bond acceptors (Lipinski definition) is 6. The minimum atomic E-state index is -1.34. The van der Waals surface area contributed by atoms with Crippen LogP contribution in [0.25, 0.3) is 11.0 Å². The van der Waals surface area contributed by atoms with E-state index in [1.165, 1.54) is 6.20 Å². The maximum atomic E-state index is 15.2. The van der Waals surface area contributed by atoms with Crippen LogP contribution in [0.1, 0.15) is 63.4 Å². The van der Waals surface area contributed by atoms with Crippen molar-refractivity contribution in [2.24, 2.45) is 5.92 Å². The van der Waals surface area contributed by atoms with Crippen LogP contribution in [0.3, 0.4) is 0 Å². The highest BCUT2D eigenvalue weighted by Gasteiger charge is 2.66. The Bertz CT molecular complexity index is 1250. The molecular formula is C23H27FN4O5. The van der Waals surface area contributed by atoms with Crippen molar-refractivity contribution in [1.29, 1.82) is 0 Å². The van der Waals surface area contributed by atoms with Crippen molar-refractivity contribution in [3.63, 3.8) is 0 Å². The van der Waals surface area contributed by atoms with Crippen molar-refractivity contribution in [3.05, 3.63) is 33.9 Å². The first-order valence-corrected chi connectivity index (χ1v) is 11.2. The van der Waals surface area contributed by atoms with Gasteiger partial charge >= 0.3 is 12.1 Å². The molecule has 2 N–H and O–H groups in total. The van der Waals surface area contributed by atoms with E-state index in [1.54, 1.807) is 25.3 Å². The van der Waals surface area contributed by atoms with Crippen LogP contribution in [0.4, 0.5) is 15.0 Å². The molecule has 176 valence electrons. The molecule has 0 spiro atoms. The van der Waals surface area contributed by atoms with E-state index in [0.29, 0.717) is 6.54 Å². The van der Waals surface area contributed by atoms with E-state index in [9.17, 15) is 19.5 Å². The Morgan fingerprint density at radius 3 is 2.64 bits per heavy atom. The molecule has 10 heteroatoms. The first-order valence-electron chi connectivity index (χ1n) is 11.2. The molecule has 1 saturated heterocycles. The number of pyridine rings is 2. The van der Waals surface area contributed by atoms with Gasteiger partial charge in [-0.15, -0.1) is 0 Å². The lowest BCUT2D eigenvalue weighted by Gasteiger charge is -2.31. The average Bonchev–Trinajstić information content (AvgIpc) is 3.60. The number of halogens is 1. The zero-order valence-corrected chi connectivity index (χ0v) is 19.0. The van der Waals surface area contributed by atoms with E-state index in [1.807, 2.05) is 11.8 Å². The molecule has 0 aromatic carbocycles. The number of aromatic nitrogens is 2. The zero-order valence-electron chi connectivity index (χ0n) is 19.0. The molecule has 3 aliphatic rings. The standard InChI is InChI=1S/C23H27FN4O5/c1-11-23(26-21(32)33-22(2,3)4)8-12(23)9-27(11)19-16(24)7-14-17(29)15(20(30)31)10-28(13-5-6-13)18(14)25-19/h7,10-13H,5-6,8-9H2,1-4H3,(H,26,32)(H,30,31)/t11-,12-,23-/m0/s1. The lowest BCUT2D eigenvalue weighted by molar-refractivity contribution is 0.0489. The number of carboxylic acids is 1. The van der Waals surface area contributed by atoms with Gasteiger partial charge in [0.2, 0.25) is 5.43 Å². The maximum Gasteiger partial charge on any atom is 0.408 e. The Labute approximate surface area is 189 Å². The predicted molar refractivity (Wildman–Crippen MR) is 118 cm³/mol. The molecule has 1 amide bonds. The smallest absolute Gasteiger partial charge is 0.408 e. The number of nitrogens with one attached hydrogen (secondary N) is 1. The summed E-state index contributed by atoms with van der Waals surface area (Å²) in [5, 5.41) is 12.4. The monoisotopic (exact) mass is 458 g/mol. The summed E-state index contributed by atoms with van der Waals surface area (Å²) >= 11 is 0. The van der Waals surface area contributed by atoms with Gasteiger partial charge in [-0.2, -0.15) is 0 Å². The van der Waals surface area contributed by atoms with Crippen LogP contribution < -0.4 is 15.6 Å². The number of aromatic carboxylic acids is 1. The van der Waals surface area contributed by atoms with Gasteiger partial charge in [-0.05, 0) is 53.0 Å². The summed E-state index contributed by atoms with van der Waals surface area (Å²) in [7, 11) is 0. The molecule has 0 unspecified atom stereocenters. The number of anilines is 1. The van der Waals surface area contributed by atoms with Crippen LogP contribution in [0.15, 0.2) is 17.1 Å². The van der Waals surface area contributed by atoms with E-state index in [4.69, 9.17) is 4.74 Å². The Hall–Kier alpha value is -3.17. The van der Waals surface area contributed by atoms with Crippen molar-refractivity contribution in [2.45, 2.75) is 70.2 Å². The summed E-state index contributed by atoms with van der Waals surface area (Å²) in [6.07, 6.45) is 3.27. The molecule has 3 heterocycles. The van der Waals surface area contributed by atoms with E-state index < -0.39 is 34.4 Å². The molecule has 2 aromatic heterocycles. The first kappa shape index (κ1) is 21.7. The number of carbonyl (C=O) groups excluding carboxylic acids is 1. The van der Waals surface area contributed by atoms with Gasteiger partial charge in [-0.3, -0.25) is 4.79 Å². The van der Waals surface area contributed by atoms with E-state index in [0.717, 1.165) is 25.3 Å². The SMILES string of the molecule is C[C@@H]1N(c2nc3c(cc2F)c(=O)c(C(=O)O)cn3C2CC2)C[C@@H]2C[C@@]21NC(=O)OC(C)(C)C. The van der Waals surface area contributed by atoms with Gasteiger partial charge in [-0.1, -0.05) is 0 Å². The molecular weight excluding hydrogens is 431 g/mol. The summed E-state index contributed by atoms with van der Waals surface area (Å²) in [5.41, 5.74) is -1.99. The highest BCUT2D eigenvalue weighted by Crippen LogP contribution is 2.54. The number of fused-ring (bicyclic) bond motifs is 2. The minimum absolute atomic E-state index is 0.0401. The average molecular weight is 458 g/mol. The second kappa shape index (κ2) is 6.91. The Morgan fingerprint density at radius 1 is 1.33 bits per heavy atom. The highest BCUT2D eigenvalue weighted by molar-refractivity contribution is 5.92. The van der Waals surface area contributed by atoms with Gasteiger partial charge in [0.15, 0.2) is 11.6 Å². The van der Waals surface area contributed by atoms with Crippen LogP contribution in [0.5, 0.6) is 0 Å². The Kier molecular flexibility index (Phi) is 4.54. The third-order valence-corrected chi connectivity index (χ3v) is 6.90. The van der Waals surface area contributed by atoms with Gasteiger partial charge < -0.3 is 24.6 Å². The lowest BCUT2D eigenvalue weighted by atomic mass is 10.1. The van der Waals surface area contributed by atoms with E-state index >= 15 is 4.39 Å². The molecule has 33 heavy (non-hydrogen) atoms. The summed E-state index contributed by atoms with van der Waals surface area (Å²) in [6, 6.07) is 0.895. The largest absolute Gasteiger partial charge is 0.477 e. The predicted octanol–water partition coefficient (Wildman–Crippen LogP) is 3.06. The Balaban J connectivity index is 1.51. The molecule has 0 bridgehead atoms. The molecule has 9 nitrogen and oxygen atoms in total. The molecule has 0 radical (unpaired) electrons. The minimum Gasteiger partial charge on any atom is -0.477 e. The number of hydrogen-bond donors (Lipinski definition) is 2. The fraction of sp³-hybridized carbons (Fsp3) is 0.565. The van der Waals surface area contributed by atoms with Crippen molar-refractivity contribution in [1.82, 2.24) is 14.9 Å². The van der Waals surface area contributed by atoms with Gasteiger partial charge in [0.25, 0.3) is 0 Å². The number of ether oxygens (including phenoxy) is 1. The number of carbonyl (C=O) groups is 2. The number of piperidine rings is 1. The van der Waals surface area contributed by atoms with E-state index in [2.05, 4.69) is 10.3 Å². The van der Waals surface area contributed by atoms with Crippen LogP contribution >= 0.6 is 0 Å². The lowest BCUT2D eigenvalue weighted by Crippen LogP contribution is -2.50. The van der Waals surface area contributed by atoms with Gasteiger partial charge in [-0.25, -0.2) is 19.0 Å². The summed E-state index contributed by atoms with van der Waals surface area (Å²) in [6.45, 7) is 7.80. The van der Waals surface area contributed by atoms with Crippen molar-refractivity contribution < 1.29 is 23.8 Å². The molecule has 2 saturated carbocycles. The fourth-order valence-electron chi connectivity index (χ4n) is 5.01. The van der Waals surface area contributed by atoms with Crippen LogP contribution in [-0.4, -0.2) is 50.4 Å². The third-order valence-electron chi connectivity index (χ3n) is 6.90. The molecule has 2 aliphatic carbocycles. The van der Waals surface area contributed by atoms with Crippen LogP contribution in [0, 0.1) is 11.7 Å². The van der Waals surface area contributed by atoms with E-state index in [-0.39, 0.29) is 40.4 Å². The topological polar surface area (TPSA) is 114 Å². The highest BCUT2D eigenvalue weighted by atomic mass is 19.1. The number of carboxylic acid groups (broad SMARTS) is 1. The fourth-order valence-corrected chi connectivity index (χ4v) is 5.01. The van der Waals surface area contributed by atoms with Crippen LogP contribution in [-0.2, 0) is 4.74 Å². The summed E-state index contributed by atoms with van der Waals surface area (Å²) in [4.78, 5) is 43.0. The molecule has 5 rings (SSSR count). The van der Waals surface area contributed by atoms with Gasteiger partial charge in [0.1, 0.15) is 16.8 Å². The van der Waals surface area contributed by atoms with Crippen molar-refractivity contribution >= 4 is 28.9 Å².